The third kappa shape index (κ3) is 4.81. The Kier molecular flexibility index (Phi) is 6.66. The van der Waals surface area contributed by atoms with Crippen LogP contribution in [0.4, 0.5) is 48.3 Å². The van der Waals surface area contributed by atoms with Crippen molar-refractivity contribution in [1.29, 1.82) is 0 Å². The van der Waals surface area contributed by atoms with E-state index in [0.717, 1.165) is 5.32 Å². The number of amides is 1. The summed E-state index contributed by atoms with van der Waals surface area (Å²) in [4.78, 5) is 11.0. The van der Waals surface area contributed by atoms with Crippen LogP contribution in [0.3, 0.4) is 0 Å². The van der Waals surface area contributed by atoms with Crippen molar-refractivity contribution in [3.05, 3.63) is 0 Å². The van der Waals surface area contributed by atoms with Crippen LogP contribution in [0.1, 0.15) is 0 Å². The van der Waals surface area contributed by atoms with Crippen LogP contribution in [-0.2, 0) is 9.53 Å². The number of hydrogen-bond donors (Lipinski definition) is 3. The number of aliphatic hydroxyl groups is 2. The van der Waals surface area contributed by atoms with E-state index in [0.29, 0.717) is 0 Å². The van der Waals surface area contributed by atoms with Gasteiger partial charge in [-0.2, -0.15) is 48.3 Å². The van der Waals surface area contributed by atoms with Crippen LogP contribution in [0.2, 0.25) is 0 Å². The second kappa shape index (κ2) is 7.06. The molecule has 0 bridgehead atoms. The maximum Gasteiger partial charge on any atom is 0.462 e. The van der Waals surface area contributed by atoms with Crippen molar-refractivity contribution in [3.63, 3.8) is 0 Å². The molecule has 0 radical (unpaired) electrons. The Morgan fingerprint density at radius 2 is 1.36 bits per heavy atom. The monoisotopic (exact) mass is 403 g/mol. The number of rotatable bonds is 7. The van der Waals surface area contributed by atoms with Gasteiger partial charge in [0.25, 0.3) is 5.91 Å². The molecule has 25 heavy (non-hydrogen) atoms. The van der Waals surface area contributed by atoms with E-state index in [-0.39, 0.29) is 0 Å². The Morgan fingerprint density at radius 3 is 1.68 bits per heavy atom. The van der Waals surface area contributed by atoms with Crippen molar-refractivity contribution in [1.82, 2.24) is 5.32 Å². The zero-order valence-electron chi connectivity index (χ0n) is 11.4. The summed E-state index contributed by atoms with van der Waals surface area (Å²) >= 11 is 0. The Labute approximate surface area is 130 Å². The molecule has 0 aliphatic heterocycles. The van der Waals surface area contributed by atoms with Gasteiger partial charge in [-0.05, 0) is 0 Å². The number of halogens is 11. The highest BCUT2D eigenvalue weighted by Gasteiger charge is 2.79. The molecule has 5 nitrogen and oxygen atoms in total. The molecule has 0 saturated heterocycles. The third-order valence-corrected chi connectivity index (χ3v) is 2.36. The molecule has 2 atom stereocenters. The summed E-state index contributed by atoms with van der Waals surface area (Å²) in [5.74, 6) is -16.9. The van der Waals surface area contributed by atoms with E-state index in [4.69, 9.17) is 10.2 Å². The number of ether oxygens (including phenoxy) is 1. The zero-order chi connectivity index (χ0) is 20.5. The van der Waals surface area contributed by atoms with Gasteiger partial charge in [0.1, 0.15) is 0 Å². The third-order valence-electron chi connectivity index (χ3n) is 2.36. The quantitative estimate of drug-likeness (QED) is 0.563. The van der Waals surface area contributed by atoms with E-state index in [2.05, 4.69) is 0 Å². The number of carbonyl (C=O) groups is 1. The summed E-state index contributed by atoms with van der Waals surface area (Å²) in [5.41, 5.74) is 0. The van der Waals surface area contributed by atoms with E-state index in [9.17, 15) is 53.1 Å². The first-order valence-corrected chi connectivity index (χ1v) is 5.69. The number of alkyl halides is 11. The summed E-state index contributed by atoms with van der Waals surface area (Å²) in [6.07, 6.45) is -23.1. The van der Waals surface area contributed by atoms with Crippen molar-refractivity contribution in [3.8, 4) is 0 Å². The second-order valence-corrected chi connectivity index (χ2v) is 4.33. The van der Waals surface area contributed by atoms with Crippen LogP contribution in [0.15, 0.2) is 0 Å². The molecule has 0 aliphatic rings. The lowest BCUT2D eigenvalue weighted by molar-refractivity contribution is -0.473. The first-order valence-electron chi connectivity index (χ1n) is 5.69. The molecule has 0 saturated carbocycles. The highest BCUT2D eigenvalue weighted by atomic mass is 19.4. The Bertz CT molecular complexity index is 477. The lowest BCUT2D eigenvalue weighted by Crippen LogP contribution is -2.64. The number of hydrogen-bond acceptors (Lipinski definition) is 4. The van der Waals surface area contributed by atoms with Crippen LogP contribution in [0.25, 0.3) is 0 Å². The van der Waals surface area contributed by atoms with Crippen LogP contribution < -0.4 is 5.32 Å². The normalized spacial score (nSPS) is 17.8. The van der Waals surface area contributed by atoms with Gasteiger partial charge in [-0.1, -0.05) is 0 Å². The average molecular weight is 403 g/mol. The standard InChI is InChI=1S/C9H8F11NO4/c10-5(7(13,14)15,4(24)21-1-3(23)2-22)25-9(19,20)6(11,12)8(16,17)18/h3,22-23H,1-2H2,(H,21,24). The van der Waals surface area contributed by atoms with Gasteiger partial charge in [0.05, 0.1) is 12.7 Å². The fourth-order valence-electron chi connectivity index (χ4n) is 1.03. The van der Waals surface area contributed by atoms with Gasteiger partial charge in [-0.3, -0.25) is 9.53 Å². The fraction of sp³-hybridized carbons (Fsp3) is 0.889. The minimum absolute atomic E-state index is 0.765. The number of carbonyl (C=O) groups excluding carboxylic acids is 1. The van der Waals surface area contributed by atoms with E-state index >= 15 is 0 Å². The molecular weight excluding hydrogens is 395 g/mol. The molecule has 1 amide bonds. The minimum Gasteiger partial charge on any atom is -0.394 e. The Morgan fingerprint density at radius 1 is 0.920 bits per heavy atom. The molecular formula is C9H8F11NO4. The Hall–Kier alpha value is -1.42. The maximum atomic E-state index is 13.6. The summed E-state index contributed by atoms with van der Waals surface area (Å²) in [5, 5.41) is 17.8. The van der Waals surface area contributed by atoms with Gasteiger partial charge >= 0.3 is 30.2 Å². The van der Waals surface area contributed by atoms with Gasteiger partial charge < -0.3 is 15.5 Å². The molecule has 0 aromatic rings. The average Bonchev–Trinajstić information content (AvgIpc) is 2.40. The molecule has 0 aliphatic carbocycles. The van der Waals surface area contributed by atoms with Crippen molar-refractivity contribution < 1.29 is 68.0 Å². The van der Waals surface area contributed by atoms with Crippen LogP contribution in [0, 0.1) is 0 Å². The molecule has 150 valence electrons. The summed E-state index contributed by atoms with van der Waals surface area (Å²) in [6, 6.07) is 0. The molecule has 0 fully saturated rings. The predicted octanol–water partition coefficient (Wildman–Crippen LogP) is 1.49. The van der Waals surface area contributed by atoms with Crippen LogP contribution in [0.5, 0.6) is 0 Å². The highest BCUT2D eigenvalue weighted by Crippen LogP contribution is 2.50. The lowest BCUT2D eigenvalue weighted by Gasteiger charge is -2.34. The van der Waals surface area contributed by atoms with Gasteiger partial charge in [0, 0.05) is 6.54 Å². The highest BCUT2D eigenvalue weighted by molar-refractivity contribution is 5.84. The molecule has 0 heterocycles. The molecule has 3 N–H and O–H groups in total. The topological polar surface area (TPSA) is 78.8 Å². The number of nitrogens with one attached hydrogen (secondary N) is 1. The largest absolute Gasteiger partial charge is 0.462 e. The van der Waals surface area contributed by atoms with E-state index < -0.39 is 55.4 Å². The summed E-state index contributed by atoms with van der Waals surface area (Å²) in [6.45, 7) is -2.61. The molecule has 0 spiro atoms. The predicted molar refractivity (Wildman–Crippen MR) is 53.0 cm³/mol. The first kappa shape index (κ1) is 23.6. The van der Waals surface area contributed by atoms with Crippen molar-refractivity contribution in [2.24, 2.45) is 0 Å². The van der Waals surface area contributed by atoms with Gasteiger partial charge in [0.2, 0.25) is 0 Å². The first-order chi connectivity index (χ1) is 10.8. The van der Waals surface area contributed by atoms with E-state index in [1.807, 2.05) is 4.74 Å². The minimum atomic E-state index is -7.28. The second-order valence-electron chi connectivity index (χ2n) is 4.33. The van der Waals surface area contributed by atoms with Gasteiger partial charge in [-0.25, -0.2) is 0 Å². The summed E-state index contributed by atoms with van der Waals surface area (Å²) < 4.78 is 139. The maximum absolute atomic E-state index is 13.6. The van der Waals surface area contributed by atoms with Crippen molar-refractivity contribution in [2.45, 2.75) is 36.3 Å². The molecule has 2 unspecified atom stereocenters. The molecule has 16 heteroatoms. The Balaban J connectivity index is 5.74. The molecule has 0 rings (SSSR count). The number of aliphatic hydroxyl groups excluding tert-OH is 2. The lowest BCUT2D eigenvalue weighted by atomic mass is 10.2. The fourth-order valence-corrected chi connectivity index (χ4v) is 1.03. The summed E-state index contributed by atoms with van der Waals surface area (Å²) in [7, 11) is 0. The van der Waals surface area contributed by atoms with E-state index in [1.165, 1.54) is 0 Å². The SMILES string of the molecule is O=C(NCC(O)CO)C(F)(OC(F)(F)C(F)(F)C(F)(F)F)C(F)(F)F. The van der Waals surface area contributed by atoms with Crippen LogP contribution >= 0.6 is 0 Å². The molecule has 0 aromatic heterocycles. The van der Waals surface area contributed by atoms with Gasteiger partial charge in [0.15, 0.2) is 0 Å². The zero-order valence-corrected chi connectivity index (χ0v) is 11.4. The van der Waals surface area contributed by atoms with Crippen LogP contribution in [-0.4, -0.2) is 65.6 Å². The van der Waals surface area contributed by atoms with Crippen molar-refractivity contribution in [2.75, 3.05) is 13.2 Å². The smallest absolute Gasteiger partial charge is 0.394 e. The van der Waals surface area contributed by atoms with Crippen molar-refractivity contribution >= 4 is 5.91 Å². The molecule has 0 aromatic carbocycles. The van der Waals surface area contributed by atoms with Gasteiger partial charge in [-0.15, -0.1) is 0 Å². The van der Waals surface area contributed by atoms with E-state index in [1.54, 1.807) is 0 Å².